The summed E-state index contributed by atoms with van der Waals surface area (Å²) in [6.45, 7) is 3.32. The molecular formula is C10H16O3S. The first kappa shape index (κ1) is 11.5. The van der Waals surface area contributed by atoms with Gasteiger partial charge in [0.05, 0.1) is 16.6 Å². The van der Waals surface area contributed by atoms with Gasteiger partial charge in [0.25, 0.3) is 0 Å². The Morgan fingerprint density at radius 3 is 2.64 bits per heavy atom. The maximum atomic E-state index is 11.4. The van der Waals surface area contributed by atoms with Gasteiger partial charge in [-0.1, -0.05) is 0 Å². The number of rotatable bonds is 2. The summed E-state index contributed by atoms with van der Waals surface area (Å²) in [4.78, 5) is 0. The van der Waals surface area contributed by atoms with Gasteiger partial charge in [-0.15, -0.1) is 11.8 Å². The summed E-state index contributed by atoms with van der Waals surface area (Å²) < 4.78 is 22.8. The molecule has 0 aliphatic carbocycles. The Morgan fingerprint density at radius 1 is 1.57 bits per heavy atom. The van der Waals surface area contributed by atoms with Gasteiger partial charge in [0, 0.05) is 6.42 Å². The minimum absolute atomic E-state index is 0.101. The van der Waals surface area contributed by atoms with Crippen LogP contribution in [0.4, 0.5) is 0 Å². The largest absolute Gasteiger partial charge is 0.388 e. The van der Waals surface area contributed by atoms with Crippen LogP contribution < -0.4 is 0 Å². The van der Waals surface area contributed by atoms with Crippen molar-refractivity contribution >= 4 is 9.84 Å². The average Bonchev–Trinajstić information content (AvgIpc) is 2.32. The Balaban J connectivity index is 2.71. The summed E-state index contributed by atoms with van der Waals surface area (Å²) in [5.74, 6) is 5.68. The third kappa shape index (κ3) is 2.10. The molecule has 1 rings (SSSR count). The molecule has 2 atom stereocenters. The molecule has 0 spiro atoms. The van der Waals surface area contributed by atoms with Gasteiger partial charge in [-0.05, 0) is 26.7 Å². The topological polar surface area (TPSA) is 54.4 Å². The summed E-state index contributed by atoms with van der Waals surface area (Å²) in [5, 5.41) is 9.43. The molecule has 1 fully saturated rings. The van der Waals surface area contributed by atoms with Crippen molar-refractivity contribution in [3.63, 3.8) is 0 Å². The highest BCUT2D eigenvalue weighted by Crippen LogP contribution is 2.34. The average molecular weight is 216 g/mol. The van der Waals surface area contributed by atoms with Crippen LogP contribution in [-0.4, -0.2) is 30.1 Å². The van der Waals surface area contributed by atoms with Gasteiger partial charge >= 0.3 is 0 Å². The van der Waals surface area contributed by atoms with Gasteiger partial charge in [-0.3, -0.25) is 0 Å². The van der Waals surface area contributed by atoms with E-state index in [1.54, 1.807) is 13.8 Å². The van der Waals surface area contributed by atoms with Crippen molar-refractivity contribution in [1.29, 1.82) is 0 Å². The highest BCUT2D eigenvalue weighted by atomic mass is 32.2. The third-order valence-corrected chi connectivity index (χ3v) is 5.26. The minimum Gasteiger partial charge on any atom is -0.388 e. The fraction of sp³-hybridized carbons (Fsp3) is 0.800. The van der Waals surface area contributed by atoms with Crippen molar-refractivity contribution in [2.75, 3.05) is 5.75 Å². The van der Waals surface area contributed by atoms with Gasteiger partial charge in [0.15, 0.2) is 9.84 Å². The molecule has 0 aromatic heterocycles. The van der Waals surface area contributed by atoms with Crippen LogP contribution in [0, 0.1) is 11.8 Å². The van der Waals surface area contributed by atoms with E-state index in [2.05, 4.69) is 11.8 Å². The smallest absolute Gasteiger partial charge is 0.155 e. The van der Waals surface area contributed by atoms with Crippen LogP contribution in [0.2, 0.25) is 0 Å². The van der Waals surface area contributed by atoms with Crippen LogP contribution in [0.25, 0.3) is 0 Å². The first-order chi connectivity index (χ1) is 6.42. The molecule has 3 nitrogen and oxygen atoms in total. The third-order valence-electron chi connectivity index (χ3n) is 2.97. The fourth-order valence-corrected chi connectivity index (χ4v) is 3.66. The van der Waals surface area contributed by atoms with Crippen molar-refractivity contribution in [2.24, 2.45) is 0 Å². The zero-order valence-electron chi connectivity index (χ0n) is 8.58. The summed E-state index contributed by atoms with van der Waals surface area (Å²) in [6, 6.07) is 0. The first-order valence-electron chi connectivity index (χ1n) is 4.76. The van der Waals surface area contributed by atoms with E-state index < -0.39 is 20.7 Å². The quantitative estimate of drug-likeness (QED) is 0.692. The van der Waals surface area contributed by atoms with Crippen LogP contribution in [-0.2, 0) is 9.84 Å². The van der Waals surface area contributed by atoms with Crippen molar-refractivity contribution in [3.05, 3.63) is 0 Å². The molecule has 1 aliphatic rings. The molecule has 1 N–H and O–H groups in total. The van der Waals surface area contributed by atoms with E-state index in [1.165, 1.54) is 0 Å². The van der Waals surface area contributed by atoms with Crippen LogP contribution in [0.3, 0.4) is 0 Å². The van der Waals surface area contributed by atoms with E-state index in [0.717, 1.165) is 0 Å². The lowest BCUT2D eigenvalue weighted by Gasteiger charge is -2.24. The monoisotopic (exact) mass is 216 g/mol. The Labute approximate surface area is 85.4 Å². The lowest BCUT2D eigenvalue weighted by Crippen LogP contribution is -2.38. The summed E-state index contributed by atoms with van der Waals surface area (Å²) in [6.07, 6.45) is 1.36. The van der Waals surface area contributed by atoms with E-state index in [9.17, 15) is 13.5 Å². The highest BCUT2D eigenvalue weighted by molar-refractivity contribution is 7.92. The number of hydrogen-bond acceptors (Lipinski definition) is 3. The van der Waals surface area contributed by atoms with E-state index in [4.69, 9.17) is 0 Å². The maximum Gasteiger partial charge on any atom is 0.155 e. The molecule has 2 unspecified atom stereocenters. The molecule has 0 bridgehead atoms. The molecule has 0 aromatic carbocycles. The zero-order valence-corrected chi connectivity index (χ0v) is 9.39. The lowest BCUT2D eigenvalue weighted by atomic mass is 9.92. The van der Waals surface area contributed by atoms with E-state index in [0.29, 0.717) is 19.3 Å². The maximum absolute atomic E-state index is 11.4. The predicted octanol–water partition coefficient (Wildman–Crippen LogP) is 0.728. The van der Waals surface area contributed by atoms with Crippen LogP contribution in [0.1, 0.15) is 33.1 Å². The van der Waals surface area contributed by atoms with Gasteiger partial charge < -0.3 is 5.11 Å². The SMILES string of the molecule is CC#CCCC1(O)CCS(=O)(=O)C1C. The molecule has 14 heavy (non-hydrogen) atoms. The van der Waals surface area contributed by atoms with Crippen LogP contribution in [0.5, 0.6) is 0 Å². The van der Waals surface area contributed by atoms with E-state index in [-0.39, 0.29) is 5.75 Å². The van der Waals surface area contributed by atoms with Gasteiger partial charge in [-0.25, -0.2) is 8.42 Å². The molecule has 0 aromatic rings. The van der Waals surface area contributed by atoms with Gasteiger partial charge in [0.1, 0.15) is 0 Å². The second kappa shape index (κ2) is 3.92. The Hall–Kier alpha value is -0.530. The molecule has 1 aliphatic heterocycles. The lowest BCUT2D eigenvalue weighted by molar-refractivity contribution is 0.0379. The molecule has 0 radical (unpaired) electrons. The van der Waals surface area contributed by atoms with Crippen LogP contribution in [0.15, 0.2) is 0 Å². The molecule has 0 saturated carbocycles. The standard InChI is InChI=1S/C10H16O3S/c1-3-4-5-6-10(11)7-8-14(12,13)9(10)2/h9,11H,5-8H2,1-2H3. The Morgan fingerprint density at radius 2 is 2.21 bits per heavy atom. The van der Waals surface area contributed by atoms with Crippen molar-refractivity contribution in [2.45, 2.75) is 44.0 Å². The Kier molecular flexibility index (Phi) is 3.23. The molecule has 0 amide bonds. The summed E-state index contributed by atoms with van der Waals surface area (Å²) in [5.41, 5.74) is -1.05. The molecule has 1 heterocycles. The minimum atomic E-state index is -3.07. The second-order valence-electron chi connectivity index (χ2n) is 3.79. The fourth-order valence-electron chi connectivity index (χ4n) is 1.77. The number of aliphatic hydroxyl groups is 1. The predicted molar refractivity (Wildman–Crippen MR) is 55.5 cm³/mol. The Bertz CT molecular complexity index is 361. The molecule has 1 saturated heterocycles. The molecule has 4 heteroatoms. The summed E-state index contributed by atoms with van der Waals surface area (Å²) >= 11 is 0. The number of sulfone groups is 1. The molecular weight excluding hydrogens is 200 g/mol. The van der Waals surface area contributed by atoms with Gasteiger partial charge in [-0.2, -0.15) is 0 Å². The molecule has 80 valence electrons. The summed E-state index contributed by atoms with van der Waals surface area (Å²) in [7, 11) is -3.07. The van der Waals surface area contributed by atoms with Crippen LogP contribution >= 0.6 is 0 Å². The normalized spacial score (nSPS) is 34.9. The van der Waals surface area contributed by atoms with Gasteiger partial charge in [0.2, 0.25) is 0 Å². The number of hydrogen-bond donors (Lipinski definition) is 1. The van der Waals surface area contributed by atoms with Crippen molar-refractivity contribution in [3.8, 4) is 11.8 Å². The highest BCUT2D eigenvalue weighted by Gasteiger charge is 2.47. The first-order valence-corrected chi connectivity index (χ1v) is 6.47. The van der Waals surface area contributed by atoms with Crippen molar-refractivity contribution in [1.82, 2.24) is 0 Å². The van der Waals surface area contributed by atoms with Crippen molar-refractivity contribution < 1.29 is 13.5 Å². The van der Waals surface area contributed by atoms with E-state index >= 15 is 0 Å². The van der Waals surface area contributed by atoms with E-state index in [1.807, 2.05) is 0 Å². The zero-order chi connectivity index (χ0) is 10.8. The second-order valence-corrected chi connectivity index (χ2v) is 6.23.